The van der Waals surface area contributed by atoms with Gasteiger partial charge < -0.3 is 15.2 Å². The standard InChI is InChI=1S/C16H11F3N2O6/c17-16(18,19)11-7-9(21(25)26)5-6-12(11)20-14(23)8-27-15(24)10-3-1-2-4-13(10)22/h1-7,22H,8H2,(H,20,23). The number of aromatic hydroxyl groups is 1. The maximum Gasteiger partial charge on any atom is 0.418 e. The number of non-ortho nitro benzene ring substituents is 1. The van der Waals surface area contributed by atoms with Gasteiger partial charge in [-0.2, -0.15) is 13.2 Å². The van der Waals surface area contributed by atoms with Gasteiger partial charge in [-0.05, 0) is 18.2 Å². The zero-order valence-electron chi connectivity index (χ0n) is 13.3. The predicted octanol–water partition coefficient (Wildman–Crippen LogP) is 3.11. The Morgan fingerprint density at radius 2 is 1.85 bits per heavy atom. The number of amides is 1. The highest BCUT2D eigenvalue weighted by Crippen LogP contribution is 2.37. The van der Waals surface area contributed by atoms with Crippen LogP contribution in [0.25, 0.3) is 0 Å². The summed E-state index contributed by atoms with van der Waals surface area (Å²) in [6.45, 7) is -0.929. The van der Waals surface area contributed by atoms with Crippen LogP contribution in [0, 0.1) is 10.1 Å². The van der Waals surface area contributed by atoms with E-state index in [4.69, 9.17) is 0 Å². The molecular formula is C16H11F3N2O6. The average molecular weight is 384 g/mol. The number of hydrogen-bond donors (Lipinski definition) is 2. The summed E-state index contributed by atoms with van der Waals surface area (Å²) in [6.07, 6.45) is -4.96. The number of nitrogens with one attached hydrogen (secondary N) is 1. The largest absolute Gasteiger partial charge is 0.507 e. The molecule has 0 heterocycles. The van der Waals surface area contributed by atoms with E-state index in [1.807, 2.05) is 5.32 Å². The summed E-state index contributed by atoms with van der Waals surface area (Å²) in [4.78, 5) is 33.2. The van der Waals surface area contributed by atoms with E-state index in [9.17, 15) is 38.0 Å². The Balaban J connectivity index is 2.10. The minimum Gasteiger partial charge on any atom is -0.507 e. The molecule has 27 heavy (non-hydrogen) atoms. The lowest BCUT2D eigenvalue weighted by Gasteiger charge is -2.13. The Bertz CT molecular complexity index is 898. The molecule has 0 bridgehead atoms. The van der Waals surface area contributed by atoms with E-state index >= 15 is 0 Å². The van der Waals surface area contributed by atoms with Crippen molar-refractivity contribution in [3.05, 3.63) is 63.7 Å². The van der Waals surface area contributed by atoms with Crippen molar-refractivity contribution < 1.29 is 37.5 Å². The summed E-state index contributed by atoms with van der Waals surface area (Å²) in [5.74, 6) is -2.54. The first-order chi connectivity index (χ1) is 12.6. The number of para-hydroxylation sites is 1. The molecule has 0 saturated carbocycles. The highest BCUT2D eigenvalue weighted by Gasteiger charge is 2.35. The minimum absolute atomic E-state index is 0.225. The van der Waals surface area contributed by atoms with Gasteiger partial charge in [-0.25, -0.2) is 4.79 Å². The van der Waals surface area contributed by atoms with Crippen molar-refractivity contribution >= 4 is 23.3 Å². The molecule has 8 nitrogen and oxygen atoms in total. The zero-order chi connectivity index (χ0) is 20.2. The quantitative estimate of drug-likeness (QED) is 0.464. The highest BCUT2D eigenvalue weighted by molar-refractivity contribution is 5.97. The summed E-state index contributed by atoms with van der Waals surface area (Å²) in [6, 6.07) is 7.12. The molecule has 0 aliphatic carbocycles. The number of nitrogens with zero attached hydrogens (tertiary/aromatic N) is 1. The zero-order valence-corrected chi connectivity index (χ0v) is 13.3. The SMILES string of the molecule is O=C(COC(=O)c1ccccc1O)Nc1ccc([N+](=O)[O-])cc1C(F)(F)F. The van der Waals surface area contributed by atoms with Gasteiger partial charge >= 0.3 is 12.1 Å². The number of ether oxygens (including phenoxy) is 1. The molecule has 0 spiro atoms. The molecule has 0 atom stereocenters. The molecule has 2 aromatic rings. The summed E-state index contributed by atoms with van der Waals surface area (Å²) < 4.78 is 43.7. The van der Waals surface area contributed by atoms with Gasteiger partial charge in [0.1, 0.15) is 11.3 Å². The van der Waals surface area contributed by atoms with Crippen LogP contribution in [-0.2, 0) is 15.7 Å². The summed E-state index contributed by atoms with van der Waals surface area (Å²) in [5.41, 5.74) is -3.17. The van der Waals surface area contributed by atoms with Crippen LogP contribution in [0.4, 0.5) is 24.5 Å². The number of benzene rings is 2. The monoisotopic (exact) mass is 384 g/mol. The third-order valence-electron chi connectivity index (χ3n) is 3.25. The Morgan fingerprint density at radius 3 is 2.44 bits per heavy atom. The number of hydrogen-bond acceptors (Lipinski definition) is 6. The lowest BCUT2D eigenvalue weighted by Crippen LogP contribution is -2.23. The molecule has 0 aromatic heterocycles. The van der Waals surface area contributed by atoms with Gasteiger partial charge in [-0.1, -0.05) is 12.1 Å². The van der Waals surface area contributed by atoms with Crippen molar-refractivity contribution in [3.63, 3.8) is 0 Å². The molecule has 2 aromatic carbocycles. The molecule has 0 aliphatic rings. The van der Waals surface area contributed by atoms with Crippen LogP contribution in [-0.4, -0.2) is 28.5 Å². The number of esters is 1. The third kappa shape index (κ3) is 4.93. The molecule has 11 heteroatoms. The van der Waals surface area contributed by atoms with Crippen molar-refractivity contribution in [2.45, 2.75) is 6.18 Å². The van der Waals surface area contributed by atoms with E-state index in [-0.39, 0.29) is 11.6 Å². The summed E-state index contributed by atoms with van der Waals surface area (Å²) in [5, 5.41) is 22.0. The molecule has 2 N–H and O–H groups in total. The number of phenolic OH excluding ortho intramolecular Hbond substituents is 1. The van der Waals surface area contributed by atoms with E-state index in [0.717, 1.165) is 12.1 Å². The Kier molecular flexibility index (Phi) is 5.63. The average Bonchev–Trinajstić information content (AvgIpc) is 2.59. The maximum absolute atomic E-state index is 13.0. The van der Waals surface area contributed by atoms with E-state index in [1.54, 1.807) is 0 Å². The first-order valence-corrected chi connectivity index (χ1v) is 7.20. The van der Waals surface area contributed by atoms with E-state index in [0.29, 0.717) is 0 Å². The number of phenols is 1. The molecule has 1 amide bonds. The van der Waals surface area contributed by atoms with Crippen molar-refractivity contribution in [1.82, 2.24) is 0 Å². The molecule has 0 aliphatic heterocycles. The van der Waals surface area contributed by atoms with Crippen molar-refractivity contribution in [1.29, 1.82) is 0 Å². The highest BCUT2D eigenvalue weighted by atomic mass is 19.4. The number of halogens is 3. The first kappa shape index (κ1) is 19.7. The molecule has 0 fully saturated rings. The fourth-order valence-corrected chi connectivity index (χ4v) is 2.03. The van der Waals surface area contributed by atoms with Crippen LogP contribution in [0.2, 0.25) is 0 Å². The lowest BCUT2D eigenvalue weighted by molar-refractivity contribution is -0.385. The normalized spacial score (nSPS) is 10.9. The van der Waals surface area contributed by atoms with Gasteiger partial charge in [0.2, 0.25) is 0 Å². The molecule has 0 saturated heterocycles. The molecule has 0 unspecified atom stereocenters. The van der Waals surface area contributed by atoms with Crippen LogP contribution in [0.1, 0.15) is 15.9 Å². The van der Waals surface area contributed by atoms with Crippen LogP contribution in [0.15, 0.2) is 42.5 Å². The second-order valence-electron chi connectivity index (χ2n) is 5.13. The van der Waals surface area contributed by atoms with E-state index < -0.39 is 52.3 Å². The lowest BCUT2D eigenvalue weighted by atomic mass is 10.1. The summed E-state index contributed by atoms with van der Waals surface area (Å²) in [7, 11) is 0. The predicted molar refractivity (Wildman–Crippen MR) is 85.1 cm³/mol. The van der Waals surface area contributed by atoms with Crippen molar-refractivity contribution in [2.24, 2.45) is 0 Å². The summed E-state index contributed by atoms with van der Waals surface area (Å²) >= 11 is 0. The second kappa shape index (κ2) is 7.72. The number of carbonyl (C=O) groups is 2. The van der Waals surface area contributed by atoms with Gasteiger partial charge in [0, 0.05) is 12.1 Å². The number of nitro groups is 1. The number of carbonyl (C=O) groups excluding carboxylic acids is 2. The van der Waals surface area contributed by atoms with E-state index in [1.165, 1.54) is 24.3 Å². The Morgan fingerprint density at radius 1 is 1.19 bits per heavy atom. The van der Waals surface area contributed by atoms with Gasteiger partial charge in [0.05, 0.1) is 16.2 Å². The Labute approximate surface area is 149 Å². The molecular weight excluding hydrogens is 373 g/mol. The second-order valence-corrected chi connectivity index (χ2v) is 5.13. The third-order valence-corrected chi connectivity index (χ3v) is 3.25. The Hall–Kier alpha value is -3.63. The molecule has 2 rings (SSSR count). The van der Waals surface area contributed by atoms with E-state index in [2.05, 4.69) is 4.74 Å². The van der Waals surface area contributed by atoms with Crippen LogP contribution in [0.3, 0.4) is 0 Å². The maximum atomic E-state index is 13.0. The number of alkyl halides is 3. The van der Waals surface area contributed by atoms with Gasteiger partial charge in [0.15, 0.2) is 6.61 Å². The molecule has 0 radical (unpaired) electrons. The van der Waals surface area contributed by atoms with Gasteiger partial charge in [0.25, 0.3) is 11.6 Å². The number of rotatable bonds is 5. The van der Waals surface area contributed by atoms with Crippen molar-refractivity contribution in [2.75, 3.05) is 11.9 Å². The first-order valence-electron chi connectivity index (χ1n) is 7.20. The minimum atomic E-state index is -4.96. The van der Waals surface area contributed by atoms with Gasteiger partial charge in [-0.3, -0.25) is 14.9 Å². The fourth-order valence-electron chi connectivity index (χ4n) is 2.03. The fraction of sp³-hybridized carbons (Fsp3) is 0.125. The van der Waals surface area contributed by atoms with Gasteiger partial charge in [-0.15, -0.1) is 0 Å². The number of nitro benzene ring substituents is 1. The van der Waals surface area contributed by atoms with Crippen LogP contribution < -0.4 is 5.32 Å². The van der Waals surface area contributed by atoms with Crippen LogP contribution in [0.5, 0.6) is 5.75 Å². The molecule has 142 valence electrons. The van der Waals surface area contributed by atoms with Crippen LogP contribution >= 0.6 is 0 Å². The van der Waals surface area contributed by atoms with Crippen molar-refractivity contribution in [3.8, 4) is 5.75 Å². The smallest absolute Gasteiger partial charge is 0.418 e. The number of anilines is 1. The topological polar surface area (TPSA) is 119 Å².